The number of ether oxygens (including phenoxy) is 1. The van der Waals surface area contributed by atoms with E-state index in [0.29, 0.717) is 18.0 Å². The Bertz CT molecular complexity index is 997. The number of hydrogen-bond donors (Lipinski definition) is 2. The number of nitrogens with zero attached hydrogens (tertiary/aromatic N) is 2. The van der Waals surface area contributed by atoms with Gasteiger partial charge in [0.15, 0.2) is 11.7 Å². The largest absolute Gasteiger partial charge is 0.454 e. The second-order valence-corrected chi connectivity index (χ2v) is 8.08. The summed E-state index contributed by atoms with van der Waals surface area (Å²) in [6.07, 6.45) is 0.834. The summed E-state index contributed by atoms with van der Waals surface area (Å²) in [5.74, 6) is -1.87. The molecule has 1 saturated heterocycles. The van der Waals surface area contributed by atoms with Gasteiger partial charge in [0.25, 0.3) is 11.8 Å². The Labute approximate surface area is 183 Å². The van der Waals surface area contributed by atoms with E-state index in [2.05, 4.69) is 15.6 Å². The second-order valence-electron chi connectivity index (χ2n) is 7.22. The molecule has 0 unspecified atom stereocenters. The highest BCUT2D eigenvalue weighted by atomic mass is 32.1. The number of carbonyl (C=O) groups excluding carboxylic acids is 4. The molecular formula is C21H24N4O5S. The number of urea groups is 1. The van der Waals surface area contributed by atoms with Crippen LogP contribution in [0.2, 0.25) is 0 Å². The molecule has 1 aromatic heterocycles. The average Bonchev–Trinajstić information content (AvgIpc) is 3.31. The number of esters is 1. The molecule has 0 saturated carbocycles. The van der Waals surface area contributed by atoms with Crippen molar-refractivity contribution in [1.82, 2.24) is 15.2 Å². The molecule has 0 radical (unpaired) electrons. The van der Waals surface area contributed by atoms with Gasteiger partial charge in [-0.05, 0) is 19.8 Å². The summed E-state index contributed by atoms with van der Waals surface area (Å²) in [7, 11) is 0. The number of benzene rings is 1. The van der Waals surface area contributed by atoms with Crippen molar-refractivity contribution in [3.63, 3.8) is 0 Å². The number of nitrogens with one attached hydrogen (secondary N) is 2. The zero-order chi connectivity index (χ0) is 22.6. The Balaban J connectivity index is 1.50. The first kappa shape index (κ1) is 22.4. The quantitative estimate of drug-likeness (QED) is 0.477. The van der Waals surface area contributed by atoms with E-state index in [1.165, 1.54) is 11.3 Å². The molecule has 0 bridgehead atoms. The summed E-state index contributed by atoms with van der Waals surface area (Å²) in [5.41, 5.74) is 1.80. The van der Waals surface area contributed by atoms with Crippen LogP contribution in [0.15, 0.2) is 29.6 Å². The molecule has 2 N–H and O–H groups in total. The predicted molar refractivity (Wildman–Crippen MR) is 115 cm³/mol. The average molecular weight is 445 g/mol. The number of hydrogen-bond acceptors (Lipinski definition) is 7. The third kappa shape index (κ3) is 4.91. The molecule has 1 aliphatic rings. The van der Waals surface area contributed by atoms with E-state index in [0.717, 1.165) is 21.7 Å². The van der Waals surface area contributed by atoms with Gasteiger partial charge in [-0.1, -0.05) is 43.7 Å². The topological polar surface area (TPSA) is 118 Å². The van der Waals surface area contributed by atoms with E-state index < -0.39 is 42.5 Å². The van der Waals surface area contributed by atoms with Crippen LogP contribution >= 0.6 is 11.3 Å². The lowest BCUT2D eigenvalue weighted by Crippen LogP contribution is -2.46. The number of imide groups is 1. The van der Waals surface area contributed by atoms with Crippen LogP contribution in [-0.4, -0.2) is 52.4 Å². The van der Waals surface area contributed by atoms with Crippen molar-refractivity contribution in [2.45, 2.75) is 39.2 Å². The zero-order valence-electron chi connectivity index (χ0n) is 17.6. The van der Waals surface area contributed by atoms with Crippen LogP contribution in [-0.2, 0) is 19.1 Å². The van der Waals surface area contributed by atoms with Gasteiger partial charge >= 0.3 is 12.0 Å². The van der Waals surface area contributed by atoms with Crippen molar-refractivity contribution >= 4 is 40.3 Å². The highest BCUT2D eigenvalue weighted by molar-refractivity contribution is 7.14. The molecule has 0 aliphatic carbocycles. The predicted octanol–water partition coefficient (Wildman–Crippen LogP) is 2.71. The maximum atomic E-state index is 12.5. The maximum Gasteiger partial charge on any atom is 0.326 e. The van der Waals surface area contributed by atoms with Crippen LogP contribution in [0.5, 0.6) is 0 Å². The SMILES string of the molecule is CCC1(CC)NC(=O)N(CC(=O)OCC(=O)Nc2nc(-c3ccc(C)cc3)cs2)C1=O. The van der Waals surface area contributed by atoms with Crippen molar-refractivity contribution in [3.05, 3.63) is 35.2 Å². The molecule has 2 aromatic rings. The van der Waals surface area contributed by atoms with Gasteiger partial charge in [0, 0.05) is 10.9 Å². The van der Waals surface area contributed by atoms with Crippen LogP contribution in [0.25, 0.3) is 11.3 Å². The van der Waals surface area contributed by atoms with E-state index in [4.69, 9.17) is 4.74 Å². The fourth-order valence-electron chi connectivity index (χ4n) is 3.21. The Morgan fingerprint density at radius 1 is 1.19 bits per heavy atom. The van der Waals surface area contributed by atoms with Crippen molar-refractivity contribution in [2.24, 2.45) is 0 Å². The summed E-state index contributed by atoms with van der Waals surface area (Å²) in [6.45, 7) is 4.48. The van der Waals surface area contributed by atoms with Crippen molar-refractivity contribution < 1.29 is 23.9 Å². The monoisotopic (exact) mass is 444 g/mol. The molecule has 0 atom stereocenters. The number of aromatic nitrogens is 1. The number of aryl methyl sites for hydroxylation is 1. The van der Waals surface area contributed by atoms with Crippen LogP contribution in [0.1, 0.15) is 32.3 Å². The summed E-state index contributed by atoms with van der Waals surface area (Å²) in [5, 5.41) is 7.40. The minimum Gasteiger partial charge on any atom is -0.454 e. The van der Waals surface area contributed by atoms with Crippen LogP contribution < -0.4 is 10.6 Å². The van der Waals surface area contributed by atoms with Gasteiger partial charge in [0.2, 0.25) is 0 Å². The third-order valence-electron chi connectivity index (χ3n) is 5.20. The van der Waals surface area contributed by atoms with Crippen LogP contribution in [0.4, 0.5) is 9.93 Å². The fourth-order valence-corrected chi connectivity index (χ4v) is 3.95. The van der Waals surface area contributed by atoms with E-state index in [1.54, 1.807) is 13.8 Å². The lowest BCUT2D eigenvalue weighted by Gasteiger charge is -2.22. The van der Waals surface area contributed by atoms with Crippen molar-refractivity contribution in [1.29, 1.82) is 0 Å². The third-order valence-corrected chi connectivity index (χ3v) is 5.96. The molecule has 4 amide bonds. The van der Waals surface area contributed by atoms with E-state index in [1.807, 2.05) is 36.6 Å². The standard InChI is InChI=1S/C21H24N4O5S/c1-4-21(5-2)18(28)25(20(29)24-21)10-17(27)30-11-16(26)23-19-22-15(12-31-19)14-8-6-13(3)7-9-14/h6-9,12H,4-5,10-11H2,1-3H3,(H,24,29)(H,22,23,26). The van der Waals surface area contributed by atoms with Gasteiger partial charge < -0.3 is 10.1 Å². The first-order valence-electron chi connectivity index (χ1n) is 9.90. The summed E-state index contributed by atoms with van der Waals surface area (Å²) >= 11 is 1.25. The molecule has 31 heavy (non-hydrogen) atoms. The number of rotatable bonds is 8. The van der Waals surface area contributed by atoms with Gasteiger partial charge in [-0.3, -0.25) is 24.6 Å². The number of thiazole rings is 1. The smallest absolute Gasteiger partial charge is 0.326 e. The van der Waals surface area contributed by atoms with Crippen molar-refractivity contribution in [3.8, 4) is 11.3 Å². The normalized spacial score (nSPS) is 15.0. The van der Waals surface area contributed by atoms with Crippen molar-refractivity contribution in [2.75, 3.05) is 18.5 Å². The molecular weight excluding hydrogens is 420 g/mol. The summed E-state index contributed by atoms with van der Waals surface area (Å²) in [6, 6.07) is 7.20. The maximum absolute atomic E-state index is 12.5. The number of amides is 4. The zero-order valence-corrected chi connectivity index (χ0v) is 18.4. The minimum atomic E-state index is -0.991. The molecule has 1 fully saturated rings. The van der Waals surface area contributed by atoms with E-state index >= 15 is 0 Å². The first-order valence-corrected chi connectivity index (χ1v) is 10.8. The lowest BCUT2D eigenvalue weighted by atomic mass is 9.93. The molecule has 9 nitrogen and oxygen atoms in total. The number of anilines is 1. The van der Waals surface area contributed by atoms with Gasteiger partial charge in [0.1, 0.15) is 12.1 Å². The fraction of sp³-hybridized carbons (Fsp3) is 0.381. The Morgan fingerprint density at radius 3 is 2.48 bits per heavy atom. The van der Waals surface area contributed by atoms with Crippen LogP contribution in [0.3, 0.4) is 0 Å². The Kier molecular flexibility index (Phi) is 6.69. The second kappa shape index (κ2) is 9.25. The minimum absolute atomic E-state index is 0.376. The molecule has 164 valence electrons. The van der Waals surface area contributed by atoms with E-state index in [-0.39, 0.29) is 0 Å². The number of carbonyl (C=O) groups is 4. The molecule has 3 rings (SSSR count). The first-order chi connectivity index (χ1) is 14.8. The molecule has 2 heterocycles. The van der Waals surface area contributed by atoms with E-state index in [9.17, 15) is 19.2 Å². The highest BCUT2D eigenvalue weighted by Gasteiger charge is 2.49. The van der Waals surface area contributed by atoms with Gasteiger partial charge in [0.05, 0.1) is 5.69 Å². The molecule has 10 heteroatoms. The lowest BCUT2D eigenvalue weighted by molar-refractivity contribution is -0.150. The van der Waals surface area contributed by atoms with Gasteiger partial charge in [-0.25, -0.2) is 9.78 Å². The van der Waals surface area contributed by atoms with Gasteiger partial charge in [-0.15, -0.1) is 11.3 Å². The molecule has 1 aromatic carbocycles. The summed E-state index contributed by atoms with van der Waals surface area (Å²) in [4.78, 5) is 53.9. The molecule has 0 spiro atoms. The summed E-state index contributed by atoms with van der Waals surface area (Å²) < 4.78 is 4.93. The Hall–Kier alpha value is -3.27. The Morgan fingerprint density at radius 2 is 1.87 bits per heavy atom. The van der Waals surface area contributed by atoms with Gasteiger partial charge in [-0.2, -0.15) is 0 Å². The van der Waals surface area contributed by atoms with Crippen LogP contribution in [0, 0.1) is 6.92 Å². The highest BCUT2D eigenvalue weighted by Crippen LogP contribution is 2.26. The molecule has 1 aliphatic heterocycles.